The first kappa shape index (κ1) is 13.8. The van der Waals surface area contributed by atoms with E-state index >= 15 is 0 Å². The molecule has 2 fully saturated rings. The normalized spacial score (nSPS) is 22.0. The maximum Gasteiger partial charge on any atom is 0.0353 e. The zero-order chi connectivity index (χ0) is 13.9. The lowest BCUT2D eigenvalue weighted by Crippen LogP contribution is -2.16. The number of hydrogen-bond acceptors (Lipinski definition) is 2. The summed E-state index contributed by atoms with van der Waals surface area (Å²) in [6.07, 6.45) is 13.4. The molecule has 0 aromatic heterocycles. The van der Waals surface area contributed by atoms with Crippen LogP contribution in [0.1, 0.15) is 87.2 Å². The Morgan fingerprint density at radius 1 is 0.600 bits per heavy atom. The number of rotatable bonds is 2. The molecule has 2 aliphatic carbocycles. The third-order valence-corrected chi connectivity index (χ3v) is 5.38. The molecule has 2 aliphatic rings. The van der Waals surface area contributed by atoms with E-state index in [4.69, 9.17) is 11.5 Å². The van der Waals surface area contributed by atoms with Crippen molar-refractivity contribution in [3.63, 3.8) is 0 Å². The molecule has 0 amide bonds. The number of nitrogen functional groups attached to an aromatic ring is 2. The Kier molecular flexibility index (Phi) is 4.18. The van der Waals surface area contributed by atoms with Crippen molar-refractivity contribution in [1.29, 1.82) is 0 Å². The largest absolute Gasteiger partial charge is 0.398 e. The van der Waals surface area contributed by atoms with Crippen LogP contribution in [0.25, 0.3) is 0 Å². The second kappa shape index (κ2) is 6.07. The molecule has 2 nitrogen and oxygen atoms in total. The highest BCUT2D eigenvalue weighted by atomic mass is 14.6. The maximum atomic E-state index is 6.37. The summed E-state index contributed by atoms with van der Waals surface area (Å²) in [6, 6.07) is 4.07. The van der Waals surface area contributed by atoms with Gasteiger partial charge in [0.05, 0.1) is 0 Å². The summed E-state index contributed by atoms with van der Waals surface area (Å²) < 4.78 is 0. The van der Waals surface area contributed by atoms with Gasteiger partial charge >= 0.3 is 0 Å². The molecule has 110 valence electrons. The van der Waals surface area contributed by atoms with Crippen LogP contribution in [0.4, 0.5) is 11.4 Å². The summed E-state index contributed by atoms with van der Waals surface area (Å²) in [4.78, 5) is 0. The number of nitrogens with two attached hydrogens (primary N) is 2. The quantitative estimate of drug-likeness (QED) is 0.749. The van der Waals surface area contributed by atoms with Gasteiger partial charge < -0.3 is 11.5 Å². The highest BCUT2D eigenvalue weighted by Gasteiger charge is 2.27. The summed E-state index contributed by atoms with van der Waals surface area (Å²) >= 11 is 0. The van der Waals surface area contributed by atoms with Crippen molar-refractivity contribution in [3.8, 4) is 0 Å². The van der Waals surface area contributed by atoms with Crippen LogP contribution in [0.3, 0.4) is 0 Å². The van der Waals surface area contributed by atoms with E-state index in [1.54, 1.807) is 0 Å². The minimum Gasteiger partial charge on any atom is -0.398 e. The van der Waals surface area contributed by atoms with Gasteiger partial charge in [-0.3, -0.25) is 0 Å². The van der Waals surface area contributed by atoms with Crippen LogP contribution in [0, 0.1) is 0 Å². The molecule has 0 bridgehead atoms. The molecule has 3 rings (SSSR count). The van der Waals surface area contributed by atoms with Crippen LogP contribution in [-0.4, -0.2) is 0 Å². The Morgan fingerprint density at radius 3 is 1.30 bits per heavy atom. The minimum atomic E-state index is 0.657. The molecule has 0 heterocycles. The Hall–Kier alpha value is -1.18. The van der Waals surface area contributed by atoms with Gasteiger partial charge in [-0.25, -0.2) is 0 Å². The molecule has 0 aliphatic heterocycles. The van der Waals surface area contributed by atoms with E-state index in [2.05, 4.69) is 0 Å². The van der Waals surface area contributed by atoms with Crippen molar-refractivity contribution in [2.75, 3.05) is 11.5 Å². The predicted molar refractivity (Wildman–Crippen MR) is 86.9 cm³/mol. The average Bonchev–Trinajstić information content (AvgIpc) is 2.51. The molecule has 4 N–H and O–H groups in total. The molecular weight excluding hydrogens is 244 g/mol. The van der Waals surface area contributed by atoms with Crippen molar-refractivity contribution >= 4 is 11.4 Å². The van der Waals surface area contributed by atoms with Crippen LogP contribution in [0.5, 0.6) is 0 Å². The smallest absolute Gasteiger partial charge is 0.0353 e. The Balaban J connectivity index is 1.99. The summed E-state index contributed by atoms with van der Waals surface area (Å²) in [6.45, 7) is 0. The van der Waals surface area contributed by atoms with Crippen LogP contribution < -0.4 is 11.5 Å². The van der Waals surface area contributed by atoms with Gasteiger partial charge in [0.1, 0.15) is 0 Å². The molecule has 0 spiro atoms. The van der Waals surface area contributed by atoms with Crippen LogP contribution in [0.15, 0.2) is 12.1 Å². The number of benzene rings is 1. The van der Waals surface area contributed by atoms with E-state index < -0.39 is 0 Å². The number of anilines is 2. The minimum absolute atomic E-state index is 0.657. The zero-order valence-corrected chi connectivity index (χ0v) is 12.5. The SMILES string of the molecule is Nc1ccc(N)c(C2CCCCC2)c1C1CCCCC1. The zero-order valence-electron chi connectivity index (χ0n) is 12.5. The summed E-state index contributed by atoms with van der Waals surface area (Å²) in [5.74, 6) is 1.31. The molecule has 1 aromatic carbocycles. The molecule has 0 unspecified atom stereocenters. The van der Waals surface area contributed by atoms with Gasteiger partial charge in [0, 0.05) is 11.4 Å². The van der Waals surface area contributed by atoms with Crippen LogP contribution >= 0.6 is 0 Å². The molecule has 1 aromatic rings. The average molecular weight is 272 g/mol. The van der Waals surface area contributed by atoms with Crippen molar-refractivity contribution in [3.05, 3.63) is 23.3 Å². The van der Waals surface area contributed by atoms with Crippen molar-refractivity contribution < 1.29 is 0 Å². The van der Waals surface area contributed by atoms with Gasteiger partial charge in [0.25, 0.3) is 0 Å². The summed E-state index contributed by atoms with van der Waals surface area (Å²) in [7, 11) is 0. The van der Waals surface area contributed by atoms with Crippen molar-refractivity contribution in [2.45, 2.75) is 76.0 Å². The third kappa shape index (κ3) is 2.65. The lowest BCUT2D eigenvalue weighted by atomic mass is 9.74. The van der Waals surface area contributed by atoms with Crippen molar-refractivity contribution in [1.82, 2.24) is 0 Å². The predicted octanol–water partition coefficient (Wildman–Crippen LogP) is 4.95. The fraction of sp³-hybridized carbons (Fsp3) is 0.667. The van der Waals surface area contributed by atoms with Gasteiger partial charge in [0.15, 0.2) is 0 Å². The van der Waals surface area contributed by atoms with Gasteiger partial charge in [0.2, 0.25) is 0 Å². The van der Waals surface area contributed by atoms with Gasteiger partial charge in [-0.05, 0) is 60.8 Å². The Bertz CT molecular complexity index is 412. The molecule has 0 atom stereocenters. The fourth-order valence-electron chi connectivity index (χ4n) is 4.36. The van der Waals surface area contributed by atoms with E-state index in [9.17, 15) is 0 Å². The standard InChI is InChI=1S/C18H28N2/c19-15-11-12-16(20)18(14-9-5-2-6-10-14)17(15)13-7-3-1-4-8-13/h11-14H,1-10,19-20H2. The molecule has 2 saturated carbocycles. The fourth-order valence-corrected chi connectivity index (χ4v) is 4.36. The molecule has 20 heavy (non-hydrogen) atoms. The Morgan fingerprint density at radius 2 is 0.950 bits per heavy atom. The van der Waals surface area contributed by atoms with Crippen LogP contribution in [-0.2, 0) is 0 Å². The van der Waals surface area contributed by atoms with E-state index in [1.165, 1.54) is 75.3 Å². The molecule has 2 heteroatoms. The van der Waals surface area contributed by atoms with E-state index in [1.807, 2.05) is 12.1 Å². The van der Waals surface area contributed by atoms with E-state index in [0.717, 1.165) is 11.4 Å². The van der Waals surface area contributed by atoms with E-state index in [0.29, 0.717) is 11.8 Å². The summed E-state index contributed by atoms with van der Waals surface area (Å²) in [5.41, 5.74) is 17.6. The maximum absolute atomic E-state index is 6.37. The lowest BCUT2D eigenvalue weighted by molar-refractivity contribution is 0.420. The second-order valence-corrected chi connectivity index (χ2v) is 6.74. The van der Waals surface area contributed by atoms with E-state index in [-0.39, 0.29) is 0 Å². The summed E-state index contributed by atoms with van der Waals surface area (Å²) in [5, 5.41) is 0. The van der Waals surface area contributed by atoms with Crippen molar-refractivity contribution in [2.24, 2.45) is 0 Å². The molecular formula is C18H28N2. The number of hydrogen-bond donors (Lipinski definition) is 2. The molecule has 0 saturated heterocycles. The first-order valence-electron chi connectivity index (χ1n) is 8.45. The van der Waals surface area contributed by atoms with Crippen LogP contribution in [0.2, 0.25) is 0 Å². The second-order valence-electron chi connectivity index (χ2n) is 6.74. The topological polar surface area (TPSA) is 52.0 Å². The first-order chi connectivity index (χ1) is 9.77. The van der Waals surface area contributed by atoms with Gasteiger partial charge in [-0.1, -0.05) is 38.5 Å². The Labute approximate surface area is 122 Å². The lowest BCUT2D eigenvalue weighted by Gasteiger charge is -2.31. The highest BCUT2D eigenvalue weighted by molar-refractivity contribution is 5.64. The highest BCUT2D eigenvalue weighted by Crippen LogP contribution is 2.45. The first-order valence-corrected chi connectivity index (χ1v) is 8.45. The van der Waals surface area contributed by atoms with Gasteiger partial charge in [-0.2, -0.15) is 0 Å². The van der Waals surface area contributed by atoms with Gasteiger partial charge in [-0.15, -0.1) is 0 Å². The molecule has 0 radical (unpaired) electrons. The third-order valence-electron chi connectivity index (χ3n) is 5.38. The monoisotopic (exact) mass is 272 g/mol.